The van der Waals surface area contributed by atoms with Crippen molar-refractivity contribution in [1.29, 1.82) is 0 Å². The van der Waals surface area contributed by atoms with E-state index in [0.717, 1.165) is 0 Å². The highest BCUT2D eigenvalue weighted by Crippen LogP contribution is 2.63. The van der Waals surface area contributed by atoms with E-state index in [1.165, 1.54) is 0 Å². The highest BCUT2D eigenvalue weighted by molar-refractivity contribution is 7.86. The fourth-order valence-electron chi connectivity index (χ4n) is 5.65. The molecule has 4 aliphatic carbocycles. The van der Waals surface area contributed by atoms with Gasteiger partial charge in [0.1, 0.15) is 11.2 Å². The van der Waals surface area contributed by atoms with Gasteiger partial charge in [0.05, 0.1) is 12.0 Å². The van der Waals surface area contributed by atoms with Crippen LogP contribution in [-0.2, 0) is 29.2 Å². The molecule has 4 fully saturated rings. The van der Waals surface area contributed by atoms with Crippen molar-refractivity contribution in [3.8, 4) is 0 Å². The minimum Gasteiger partial charge on any atom is -0.465 e. The van der Waals surface area contributed by atoms with E-state index in [-0.39, 0.29) is 43.9 Å². The molecule has 4 saturated carbocycles. The van der Waals surface area contributed by atoms with E-state index < -0.39 is 69.3 Å². The zero-order chi connectivity index (χ0) is 25.0. The summed E-state index contributed by atoms with van der Waals surface area (Å²) >= 11 is 0. The molecule has 4 aliphatic rings. The van der Waals surface area contributed by atoms with Gasteiger partial charge in [0, 0.05) is 12.8 Å². The molecular formula is C19H22F6O7S. The molecule has 33 heavy (non-hydrogen) atoms. The molecule has 0 aliphatic heterocycles. The number of hydrogen-bond acceptors (Lipinski definition) is 6. The second-order valence-corrected chi connectivity index (χ2v) is 10.7. The lowest BCUT2D eigenvalue weighted by molar-refractivity contribution is -0.213. The van der Waals surface area contributed by atoms with E-state index >= 15 is 0 Å². The maximum absolute atomic E-state index is 13.6. The first-order chi connectivity index (χ1) is 14.9. The molecule has 3 atom stereocenters. The molecule has 14 heteroatoms. The first kappa shape index (κ1) is 25.8. The molecule has 0 saturated heterocycles. The average molecular weight is 508 g/mol. The summed E-state index contributed by atoms with van der Waals surface area (Å²) < 4.78 is 118. The molecule has 0 aromatic carbocycles. The highest BCUT2D eigenvalue weighted by atomic mass is 32.2. The van der Waals surface area contributed by atoms with Crippen molar-refractivity contribution >= 4 is 22.1 Å². The second kappa shape index (κ2) is 8.14. The van der Waals surface area contributed by atoms with Gasteiger partial charge in [-0.25, -0.2) is 9.18 Å². The Morgan fingerprint density at radius 3 is 2.12 bits per heavy atom. The van der Waals surface area contributed by atoms with E-state index in [4.69, 9.17) is 14.0 Å². The van der Waals surface area contributed by atoms with Gasteiger partial charge in [0.2, 0.25) is 0 Å². The summed E-state index contributed by atoms with van der Waals surface area (Å²) in [4.78, 5) is 24.8. The number of carbonyl (C=O) groups is 2. The molecule has 3 unspecified atom stereocenters. The van der Waals surface area contributed by atoms with E-state index in [1.54, 1.807) is 0 Å². The fourth-order valence-corrected chi connectivity index (χ4v) is 6.09. The number of halogens is 6. The first-order valence-corrected chi connectivity index (χ1v) is 11.5. The molecule has 0 amide bonds. The lowest BCUT2D eigenvalue weighted by Crippen LogP contribution is -2.60. The van der Waals surface area contributed by atoms with Gasteiger partial charge >= 0.3 is 33.5 Å². The molecule has 0 heterocycles. The van der Waals surface area contributed by atoms with Crippen molar-refractivity contribution in [2.24, 2.45) is 17.3 Å². The van der Waals surface area contributed by atoms with Crippen molar-refractivity contribution in [3.05, 3.63) is 12.2 Å². The van der Waals surface area contributed by atoms with E-state index in [1.807, 2.05) is 0 Å². The van der Waals surface area contributed by atoms with Gasteiger partial charge in [-0.2, -0.15) is 30.4 Å². The van der Waals surface area contributed by atoms with Crippen LogP contribution < -0.4 is 0 Å². The smallest absolute Gasteiger partial charge is 0.422 e. The van der Waals surface area contributed by atoms with Crippen molar-refractivity contribution in [2.75, 3.05) is 6.61 Å². The predicted molar refractivity (Wildman–Crippen MR) is 98.1 cm³/mol. The number of carbonyl (C=O) groups excluding carboxylic acids is 2. The summed E-state index contributed by atoms with van der Waals surface area (Å²) in [5, 5.41) is -5.08. The van der Waals surface area contributed by atoms with Crippen LogP contribution in [0.3, 0.4) is 0 Å². The fraction of sp³-hybridized carbons (Fsp3) is 0.789. The molecule has 0 spiro atoms. The maximum Gasteiger partial charge on any atom is 0.422 e. The molecule has 4 rings (SSSR count). The second-order valence-electron chi connectivity index (χ2n) is 9.22. The summed E-state index contributed by atoms with van der Waals surface area (Å²) in [5.74, 6) is -2.85. The summed E-state index contributed by atoms with van der Waals surface area (Å²) in [6.07, 6.45) is -7.94. The third kappa shape index (κ3) is 4.86. The summed E-state index contributed by atoms with van der Waals surface area (Å²) in [6, 6.07) is 0. The lowest BCUT2D eigenvalue weighted by atomic mass is 9.48. The Morgan fingerprint density at radius 2 is 1.64 bits per heavy atom. The van der Waals surface area contributed by atoms with Crippen LogP contribution in [-0.4, -0.2) is 54.7 Å². The molecule has 0 radical (unpaired) electrons. The SMILES string of the molecule is C=C(C(=O)OC12CC3CC(C1)CC(C(=O)OCCC(F)C(F)(F)S(=O)(=O)O)(C3)C2)C(F)(F)F. The normalized spacial score (nSPS) is 32.3. The molecule has 0 aromatic rings. The van der Waals surface area contributed by atoms with Crippen LogP contribution in [0.5, 0.6) is 0 Å². The summed E-state index contributed by atoms with van der Waals surface area (Å²) in [6.45, 7) is 1.81. The summed E-state index contributed by atoms with van der Waals surface area (Å²) in [5.41, 5.74) is -4.26. The molecule has 4 bridgehead atoms. The Balaban J connectivity index is 1.68. The standard InChI is InChI=1S/C19H22F6O7S/c1-10(18(21,22)23)14(26)32-17-7-11-4-12(8-17)6-16(5-11,9-17)15(27)31-3-2-13(20)19(24,25)33(28,29)30/h11-13H,1-9H2,(H,28,29,30). The Hall–Kier alpha value is -1.83. The number of alkyl halides is 6. The number of esters is 2. The Bertz CT molecular complexity index is 931. The molecule has 1 N–H and O–H groups in total. The lowest BCUT2D eigenvalue weighted by Gasteiger charge is -2.59. The van der Waals surface area contributed by atoms with Gasteiger partial charge in [0.25, 0.3) is 0 Å². The highest BCUT2D eigenvalue weighted by Gasteiger charge is 2.63. The Labute approximate surface area is 185 Å². The van der Waals surface area contributed by atoms with Gasteiger partial charge in [-0.1, -0.05) is 6.58 Å². The van der Waals surface area contributed by atoms with Gasteiger partial charge in [-0.15, -0.1) is 0 Å². The van der Waals surface area contributed by atoms with Gasteiger partial charge < -0.3 is 9.47 Å². The minimum atomic E-state index is -6.01. The van der Waals surface area contributed by atoms with Crippen molar-refractivity contribution in [3.63, 3.8) is 0 Å². The van der Waals surface area contributed by atoms with Gasteiger partial charge in [-0.05, 0) is 43.9 Å². The van der Waals surface area contributed by atoms with Crippen LogP contribution in [0.4, 0.5) is 26.3 Å². The zero-order valence-electron chi connectivity index (χ0n) is 17.2. The van der Waals surface area contributed by atoms with E-state index in [2.05, 4.69) is 6.58 Å². The monoisotopic (exact) mass is 508 g/mol. The molecular weight excluding hydrogens is 486 g/mol. The minimum absolute atomic E-state index is 0.136. The largest absolute Gasteiger partial charge is 0.465 e. The van der Waals surface area contributed by atoms with Gasteiger partial charge in [-0.3, -0.25) is 9.35 Å². The van der Waals surface area contributed by atoms with Crippen molar-refractivity contribution in [2.45, 2.75) is 68.1 Å². The third-order valence-corrected chi connectivity index (χ3v) is 7.59. The van der Waals surface area contributed by atoms with Gasteiger partial charge in [0.15, 0.2) is 6.17 Å². The first-order valence-electron chi connectivity index (χ1n) is 10.1. The number of ether oxygens (including phenoxy) is 2. The Morgan fingerprint density at radius 1 is 1.09 bits per heavy atom. The van der Waals surface area contributed by atoms with E-state index in [9.17, 15) is 44.3 Å². The third-order valence-electron chi connectivity index (χ3n) is 6.65. The summed E-state index contributed by atoms with van der Waals surface area (Å²) in [7, 11) is -6.01. The van der Waals surface area contributed by atoms with Crippen LogP contribution in [0.15, 0.2) is 12.2 Å². The van der Waals surface area contributed by atoms with Crippen LogP contribution in [0.2, 0.25) is 0 Å². The number of hydrogen-bond donors (Lipinski definition) is 1. The van der Waals surface area contributed by atoms with Crippen LogP contribution in [0.1, 0.15) is 44.9 Å². The average Bonchev–Trinajstić information content (AvgIpc) is 2.63. The molecule has 7 nitrogen and oxygen atoms in total. The van der Waals surface area contributed by atoms with Crippen LogP contribution in [0, 0.1) is 17.3 Å². The van der Waals surface area contributed by atoms with Crippen LogP contribution >= 0.6 is 0 Å². The Kier molecular flexibility index (Phi) is 6.36. The van der Waals surface area contributed by atoms with E-state index in [0.29, 0.717) is 6.42 Å². The number of rotatable bonds is 8. The molecule has 188 valence electrons. The quantitative estimate of drug-likeness (QED) is 0.230. The van der Waals surface area contributed by atoms with Crippen molar-refractivity contribution < 1.29 is 58.4 Å². The zero-order valence-corrected chi connectivity index (χ0v) is 18.0. The predicted octanol–water partition coefficient (Wildman–Crippen LogP) is 3.74. The van der Waals surface area contributed by atoms with Crippen LogP contribution in [0.25, 0.3) is 0 Å². The van der Waals surface area contributed by atoms with Crippen molar-refractivity contribution in [1.82, 2.24) is 0 Å². The molecule has 0 aromatic heterocycles. The maximum atomic E-state index is 13.6. The topological polar surface area (TPSA) is 107 Å².